The summed E-state index contributed by atoms with van der Waals surface area (Å²) < 4.78 is 31.8. The minimum Gasteiger partial charge on any atom is -0.497 e. The smallest absolute Gasteiger partial charge is 0.239 e. The average Bonchev–Trinajstić information content (AvgIpc) is 3.24. The Balaban J connectivity index is 2.15. The molecular formula is C21H22N2O5S. The molecule has 0 fully saturated rings. The van der Waals surface area contributed by atoms with Crippen LogP contribution in [-0.2, 0) is 26.7 Å². The van der Waals surface area contributed by atoms with Crippen molar-refractivity contribution >= 4 is 15.7 Å². The van der Waals surface area contributed by atoms with Crippen LogP contribution in [0.3, 0.4) is 0 Å². The SMILES string of the molecule is COc1ccc(S(=O)(=O)C(C(N)=O)C(O)(Cc2ccccc2)c2ccc[nH]2)cc1. The van der Waals surface area contributed by atoms with Gasteiger partial charge in [-0.25, -0.2) is 8.42 Å². The van der Waals surface area contributed by atoms with Crippen LogP contribution in [0.5, 0.6) is 5.75 Å². The van der Waals surface area contributed by atoms with Gasteiger partial charge in [0, 0.05) is 18.3 Å². The number of aromatic nitrogens is 1. The number of hydrogen-bond donors (Lipinski definition) is 3. The Kier molecular flexibility index (Phi) is 5.76. The molecule has 1 aromatic heterocycles. The number of H-pyrrole nitrogens is 1. The van der Waals surface area contributed by atoms with E-state index in [1.165, 1.54) is 37.4 Å². The molecule has 0 spiro atoms. The molecule has 2 aromatic carbocycles. The summed E-state index contributed by atoms with van der Waals surface area (Å²) in [7, 11) is -2.87. The lowest BCUT2D eigenvalue weighted by atomic mass is 9.87. The van der Waals surface area contributed by atoms with E-state index in [9.17, 15) is 18.3 Å². The highest BCUT2D eigenvalue weighted by atomic mass is 32.2. The van der Waals surface area contributed by atoms with Crippen molar-refractivity contribution in [1.82, 2.24) is 4.98 Å². The first-order chi connectivity index (χ1) is 13.8. The van der Waals surface area contributed by atoms with Crippen LogP contribution in [0, 0.1) is 0 Å². The molecule has 7 nitrogen and oxygen atoms in total. The molecular weight excluding hydrogens is 392 g/mol. The summed E-state index contributed by atoms with van der Waals surface area (Å²) in [5.41, 5.74) is 4.28. The van der Waals surface area contributed by atoms with Gasteiger partial charge < -0.3 is 20.6 Å². The Morgan fingerprint density at radius 2 is 1.76 bits per heavy atom. The fraction of sp³-hybridized carbons (Fsp3) is 0.190. The summed E-state index contributed by atoms with van der Waals surface area (Å²) in [5.74, 6) is -0.683. The lowest BCUT2D eigenvalue weighted by Gasteiger charge is -2.33. The summed E-state index contributed by atoms with van der Waals surface area (Å²) in [6.07, 6.45) is 1.42. The number of hydrogen-bond acceptors (Lipinski definition) is 5. The highest BCUT2D eigenvalue weighted by Crippen LogP contribution is 2.35. The van der Waals surface area contributed by atoms with Gasteiger partial charge in [0.15, 0.2) is 15.1 Å². The molecule has 0 saturated heterocycles. The van der Waals surface area contributed by atoms with E-state index in [0.29, 0.717) is 11.3 Å². The number of rotatable bonds is 8. The summed E-state index contributed by atoms with van der Waals surface area (Å²) in [6.45, 7) is 0. The first kappa shape index (κ1) is 20.6. The quantitative estimate of drug-likeness (QED) is 0.519. The van der Waals surface area contributed by atoms with Crippen LogP contribution in [-0.4, -0.2) is 36.8 Å². The molecule has 152 valence electrons. The number of sulfone groups is 1. The molecule has 4 N–H and O–H groups in total. The predicted octanol–water partition coefficient (Wildman–Crippen LogP) is 1.78. The second-order valence-electron chi connectivity index (χ2n) is 6.67. The maximum atomic E-state index is 13.4. The standard InChI is InChI=1S/C21H22N2O5S/c1-28-16-9-11-17(12-10-16)29(26,27)19(20(22)24)21(25,18-8-5-13-23-18)14-15-6-3-2-4-7-15/h2-13,19,23,25H,14H2,1H3,(H2,22,24). The zero-order valence-electron chi connectivity index (χ0n) is 15.8. The zero-order chi connectivity index (χ0) is 21.1. The number of methoxy groups -OCH3 is 1. The molecule has 2 unspecified atom stereocenters. The van der Waals surface area contributed by atoms with Gasteiger partial charge in [-0.3, -0.25) is 4.79 Å². The summed E-state index contributed by atoms with van der Waals surface area (Å²) in [6, 6.07) is 17.5. The minimum atomic E-state index is -4.33. The highest BCUT2D eigenvalue weighted by molar-refractivity contribution is 7.92. The van der Waals surface area contributed by atoms with Crippen LogP contribution in [0.2, 0.25) is 0 Å². The Morgan fingerprint density at radius 3 is 2.28 bits per heavy atom. The van der Waals surface area contributed by atoms with E-state index in [1.807, 2.05) is 0 Å². The predicted molar refractivity (Wildman–Crippen MR) is 108 cm³/mol. The van der Waals surface area contributed by atoms with Crippen LogP contribution in [0.15, 0.2) is 77.8 Å². The van der Waals surface area contributed by atoms with Crippen molar-refractivity contribution in [2.45, 2.75) is 22.2 Å². The monoisotopic (exact) mass is 414 g/mol. The van der Waals surface area contributed by atoms with E-state index >= 15 is 0 Å². The number of ether oxygens (including phenoxy) is 1. The van der Waals surface area contributed by atoms with Crippen molar-refractivity contribution < 1.29 is 23.1 Å². The Morgan fingerprint density at radius 1 is 1.10 bits per heavy atom. The van der Waals surface area contributed by atoms with Crippen LogP contribution >= 0.6 is 0 Å². The fourth-order valence-electron chi connectivity index (χ4n) is 3.38. The van der Waals surface area contributed by atoms with Gasteiger partial charge >= 0.3 is 0 Å². The van der Waals surface area contributed by atoms with Crippen molar-refractivity contribution in [3.63, 3.8) is 0 Å². The fourth-order valence-corrected chi connectivity index (χ4v) is 5.20. The number of aliphatic hydroxyl groups is 1. The molecule has 8 heteroatoms. The second-order valence-corrected chi connectivity index (χ2v) is 8.71. The maximum Gasteiger partial charge on any atom is 0.239 e. The van der Waals surface area contributed by atoms with Gasteiger partial charge in [-0.1, -0.05) is 30.3 Å². The number of carbonyl (C=O) groups excluding carboxylic acids is 1. The molecule has 0 aliphatic carbocycles. The van der Waals surface area contributed by atoms with E-state index in [4.69, 9.17) is 10.5 Å². The topological polar surface area (TPSA) is 122 Å². The number of nitrogens with two attached hydrogens (primary N) is 1. The van der Waals surface area contributed by atoms with Gasteiger partial charge in [-0.05, 0) is 42.0 Å². The van der Waals surface area contributed by atoms with Crippen LogP contribution < -0.4 is 10.5 Å². The third kappa shape index (κ3) is 4.03. The van der Waals surface area contributed by atoms with E-state index in [-0.39, 0.29) is 17.0 Å². The molecule has 2 atom stereocenters. The van der Waals surface area contributed by atoms with Gasteiger partial charge in [0.1, 0.15) is 11.4 Å². The number of benzene rings is 2. The zero-order valence-corrected chi connectivity index (χ0v) is 16.6. The summed E-state index contributed by atoms with van der Waals surface area (Å²) in [5, 5.41) is 9.70. The van der Waals surface area contributed by atoms with E-state index < -0.39 is 26.6 Å². The normalized spacial score (nSPS) is 14.7. The highest BCUT2D eigenvalue weighted by Gasteiger charge is 2.51. The van der Waals surface area contributed by atoms with Crippen molar-refractivity contribution in [3.05, 3.63) is 84.2 Å². The van der Waals surface area contributed by atoms with Gasteiger partial charge in [0.05, 0.1) is 12.0 Å². The van der Waals surface area contributed by atoms with Crippen molar-refractivity contribution in [3.8, 4) is 5.75 Å². The maximum absolute atomic E-state index is 13.4. The summed E-state index contributed by atoms with van der Waals surface area (Å²) >= 11 is 0. The lowest BCUT2D eigenvalue weighted by molar-refractivity contribution is -0.122. The largest absolute Gasteiger partial charge is 0.497 e. The number of aromatic amines is 1. The van der Waals surface area contributed by atoms with Gasteiger partial charge in [0.25, 0.3) is 0 Å². The van der Waals surface area contributed by atoms with Gasteiger partial charge in [0.2, 0.25) is 5.91 Å². The first-order valence-electron chi connectivity index (χ1n) is 8.86. The number of amides is 1. The Hall–Kier alpha value is -3.10. The Labute approximate surface area is 169 Å². The third-order valence-electron chi connectivity index (χ3n) is 4.77. The molecule has 0 aliphatic heterocycles. The summed E-state index contributed by atoms with van der Waals surface area (Å²) in [4.78, 5) is 15.1. The second kappa shape index (κ2) is 8.10. The molecule has 1 amide bonds. The third-order valence-corrected chi connectivity index (χ3v) is 6.94. The number of nitrogens with one attached hydrogen (secondary N) is 1. The van der Waals surface area contributed by atoms with Crippen molar-refractivity contribution in [1.29, 1.82) is 0 Å². The lowest BCUT2D eigenvalue weighted by Crippen LogP contribution is -2.53. The average molecular weight is 414 g/mol. The number of primary amides is 1. The molecule has 3 rings (SSSR count). The molecule has 29 heavy (non-hydrogen) atoms. The van der Waals surface area contributed by atoms with Crippen LogP contribution in [0.1, 0.15) is 11.3 Å². The van der Waals surface area contributed by atoms with E-state index in [2.05, 4.69) is 4.98 Å². The van der Waals surface area contributed by atoms with E-state index in [1.54, 1.807) is 42.6 Å². The molecule has 0 radical (unpaired) electrons. The minimum absolute atomic E-state index is 0.128. The van der Waals surface area contributed by atoms with Crippen LogP contribution in [0.25, 0.3) is 0 Å². The first-order valence-corrected chi connectivity index (χ1v) is 10.4. The molecule has 1 heterocycles. The molecule has 0 saturated carbocycles. The number of carbonyl (C=O) groups is 1. The Bertz CT molecular complexity index is 1060. The van der Waals surface area contributed by atoms with Crippen molar-refractivity contribution in [2.24, 2.45) is 5.73 Å². The molecule has 3 aromatic rings. The molecule has 0 bridgehead atoms. The van der Waals surface area contributed by atoms with E-state index in [0.717, 1.165) is 0 Å². The molecule has 0 aliphatic rings. The van der Waals surface area contributed by atoms with Gasteiger partial charge in [-0.2, -0.15) is 0 Å². The van der Waals surface area contributed by atoms with Gasteiger partial charge in [-0.15, -0.1) is 0 Å². The van der Waals surface area contributed by atoms with Crippen LogP contribution in [0.4, 0.5) is 0 Å². The van der Waals surface area contributed by atoms with Crippen molar-refractivity contribution in [2.75, 3.05) is 7.11 Å².